The molecule has 0 saturated heterocycles. The van der Waals surface area contributed by atoms with Crippen LogP contribution in [0.2, 0.25) is 5.15 Å². The third-order valence-corrected chi connectivity index (χ3v) is 5.03. The highest BCUT2D eigenvalue weighted by Gasteiger charge is 2.20. The van der Waals surface area contributed by atoms with E-state index in [1.54, 1.807) is 0 Å². The third kappa shape index (κ3) is 2.14. The van der Waals surface area contributed by atoms with Crippen LogP contribution in [0.3, 0.4) is 0 Å². The van der Waals surface area contributed by atoms with Crippen molar-refractivity contribution in [3.05, 3.63) is 21.4 Å². The van der Waals surface area contributed by atoms with Gasteiger partial charge in [0.15, 0.2) is 0 Å². The molecule has 0 N–H and O–H groups in total. The molecule has 0 spiro atoms. The summed E-state index contributed by atoms with van der Waals surface area (Å²) in [6, 6.07) is 0. The number of aryl methyl sites for hydroxylation is 3. The molecule has 4 heteroatoms. The van der Waals surface area contributed by atoms with Crippen LogP contribution in [-0.2, 0) is 19.3 Å². The molecular formula is C14H17ClN2S. The highest BCUT2D eigenvalue weighted by Crippen LogP contribution is 2.38. The fourth-order valence-corrected chi connectivity index (χ4v) is 4.24. The van der Waals surface area contributed by atoms with E-state index in [2.05, 4.69) is 11.9 Å². The van der Waals surface area contributed by atoms with Gasteiger partial charge in [-0.1, -0.05) is 24.9 Å². The van der Waals surface area contributed by atoms with Gasteiger partial charge in [0.2, 0.25) is 0 Å². The van der Waals surface area contributed by atoms with Crippen LogP contribution in [0.25, 0.3) is 10.2 Å². The van der Waals surface area contributed by atoms with Gasteiger partial charge in [0.25, 0.3) is 0 Å². The van der Waals surface area contributed by atoms with Crippen molar-refractivity contribution in [3.63, 3.8) is 0 Å². The summed E-state index contributed by atoms with van der Waals surface area (Å²) in [6.45, 7) is 2.18. The second kappa shape index (κ2) is 5.14. The van der Waals surface area contributed by atoms with Gasteiger partial charge in [-0.25, -0.2) is 9.97 Å². The van der Waals surface area contributed by atoms with E-state index in [0.29, 0.717) is 5.15 Å². The maximum Gasteiger partial charge on any atom is 0.141 e. The molecule has 2 aromatic rings. The summed E-state index contributed by atoms with van der Waals surface area (Å²) in [5.41, 5.74) is 1.42. The van der Waals surface area contributed by atoms with Crippen LogP contribution < -0.4 is 0 Å². The van der Waals surface area contributed by atoms with E-state index in [9.17, 15) is 0 Å². The number of fused-ring (bicyclic) bond motifs is 3. The topological polar surface area (TPSA) is 25.8 Å². The van der Waals surface area contributed by atoms with Gasteiger partial charge in [-0.05, 0) is 37.7 Å². The van der Waals surface area contributed by atoms with Crippen LogP contribution in [0, 0.1) is 0 Å². The molecule has 0 atom stereocenters. The largest absolute Gasteiger partial charge is 0.222 e. The monoisotopic (exact) mass is 280 g/mol. The summed E-state index contributed by atoms with van der Waals surface area (Å²) >= 11 is 8.20. The summed E-state index contributed by atoms with van der Waals surface area (Å²) < 4.78 is 0. The Morgan fingerprint density at radius 2 is 2.06 bits per heavy atom. The summed E-state index contributed by atoms with van der Waals surface area (Å²) in [5, 5.41) is 1.81. The molecule has 0 bridgehead atoms. The molecule has 0 aliphatic heterocycles. The maximum atomic E-state index is 6.37. The van der Waals surface area contributed by atoms with Gasteiger partial charge in [0.05, 0.1) is 5.39 Å². The third-order valence-electron chi connectivity index (χ3n) is 3.57. The lowest BCUT2D eigenvalue weighted by Crippen LogP contribution is -1.99. The molecule has 0 radical (unpaired) electrons. The Morgan fingerprint density at radius 3 is 2.89 bits per heavy atom. The van der Waals surface area contributed by atoms with Gasteiger partial charge < -0.3 is 0 Å². The number of nitrogens with zero attached hydrogens (tertiary/aromatic N) is 2. The fourth-order valence-electron chi connectivity index (χ4n) is 2.60. The second-order valence-electron chi connectivity index (χ2n) is 4.93. The van der Waals surface area contributed by atoms with E-state index in [4.69, 9.17) is 16.6 Å². The molecule has 18 heavy (non-hydrogen) atoms. The summed E-state index contributed by atoms with van der Waals surface area (Å²) in [5.74, 6) is 0.910. The molecule has 2 nitrogen and oxygen atoms in total. The van der Waals surface area contributed by atoms with Crippen LogP contribution in [0.1, 0.15) is 48.9 Å². The molecule has 0 unspecified atom stereocenters. The second-order valence-corrected chi connectivity index (χ2v) is 6.37. The Bertz CT molecular complexity index is 577. The van der Waals surface area contributed by atoms with Crippen molar-refractivity contribution in [1.29, 1.82) is 0 Å². The summed E-state index contributed by atoms with van der Waals surface area (Å²) in [4.78, 5) is 11.8. The van der Waals surface area contributed by atoms with Crippen molar-refractivity contribution >= 4 is 33.2 Å². The Morgan fingerprint density at radius 1 is 1.22 bits per heavy atom. The van der Waals surface area contributed by atoms with Crippen LogP contribution in [-0.4, -0.2) is 9.97 Å². The number of thiophene rings is 1. The Labute approximate surface area is 116 Å². The predicted octanol–water partition coefficient (Wildman–Crippen LogP) is 4.57. The van der Waals surface area contributed by atoms with Gasteiger partial charge in [0, 0.05) is 11.3 Å². The highest BCUT2D eigenvalue weighted by molar-refractivity contribution is 7.19. The van der Waals surface area contributed by atoms with Crippen molar-refractivity contribution in [2.75, 3.05) is 0 Å². The summed E-state index contributed by atoms with van der Waals surface area (Å²) in [6.07, 6.45) is 8.14. The maximum absolute atomic E-state index is 6.37. The normalized spacial score (nSPS) is 15.0. The van der Waals surface area contributed by atoms with E-state index < -0.39 is 0 Å². The molecule has 0 amide bonds. The minimum absolute atomic E-state index is 0.672. The zero-order chi connectivity index (χ0) is 12.5. The Hall–Kier alpha value is -0.670. The van der Waals surface area contributed by atoms with Crippen molar-refractivity contribution in [2.45, 2.75) is 51.9 Å². The van der Waals surface area contributed by atoms with Gasteiger partial charge in [-0.15, -0.1) is 11.3 Å². The number of halogens is 1. The SMILES string of the molecule is CCCCc1nc(Cl)c2c3c(sc2n1)CCCC3. The first kappa shape index (κ1) is 12.4. The van der Waals surface area contributed by atoms with E-state index in [1.165, 1.54) is 36.1 Å². The minimum atomic E-state index is 0.672. The van der Waals surface area contributed by atoms with Gasteiger partial charge in [-0.2, -0.15) is 0 Å². The Balaban J connectivity index is 2.08. The molecule has 0 aromatic carbocycles. The fraction of sp³-hybridized carbons (Fsp3) is 0.571. The first-order valence-corrected chi connectivity index (χ1v) is 7.95. The van der Waals surface area contributed by atoms with E-state index in [0.717, 1.165) is 35.3 Å². The molecule has 0 saturated carbocycles. The van der Waals surface area contributed by atoms with Crippen LogP contribution in [0.5, 0.6) is 0 Å². The first-order chi connectivity index (χ1) is 8.79. The predicted molar refractivity (Wildman–Crippen MR) is 77.7 cm³/mol. The standard InChI is InChI=1S/C14H17ClN2S/c1-2-3-8-11-16-13(15)12-9-6-4-5-7-10(9)18-14(12)17-11/h2-8H2,1H3. The lowest BCUT2D eigenvalue weighted by Gasteiger charge is -2.10. The average molecular weight is 281 g/mol. The van der Waals surface area contributed by atoms with Crippen LogP contribution >= 0.6 is 22.9 Å². The van der Waals surface area contributed by atoms with E-state index in [1.807, 2.05) is 11.3 Å². The smallest absolute Gasteiger partial charge is 0.141 e. The van der Waals surface area contributed by atoms with E-state index >= 15 is 0 Å². The number of unbranched alkanes of at least 4 members (excludes halogenated alkanes) is 1. The molecule has 2 aromatic heterocycles. The molecule has 3 rings (SSSR count). The molecule has 2 heterocycles. The van der Waals surface area contributed by atoms with Crippen molar-refractivity contribution in [3.8, 4) is 0 Å². The zero-order valence-electron chi connectivity index (χ0n) is 10.6. The van der Waals surface area contributed by atoms with E-state index in [-0.39, 0.29) is 0 Å². The first-order valence-electron chi connectivity index (χ1n) is 6.76. The van der Waals surface area contributed by atoms with Crippen molar-refractivity contribution in [1.82, 2.24) is 9.97 Å². The van der Waals surface area contributed by atoms with Gasteiger partial charge in [-0.3, -0.25) is 0 Å². The molecule has 1 aliphatic rings. The van der Waals surface area contributed by atoms with Crippen LogP contribution in [0.4, 0.5) is 0 Å². The van der Waals surface area contributed by atoms with Gasteiger partial charge in [0.1, 0.15) is 15.8 Å². The molecule has 96 valence electrons. The molecular weight excluding hydrogens is 264 g/mol. The number of hydrogen-bond acceptors (Lipinski definition) is 3. The quantitative estimate of drug-likeness (QED) is 0.770. The summed E-state index contributed by atoms with van der Waals surface area (Å²) in [7, 11) is 0. The number of aromatic nitrogens is 2. The van der Waals surface area contributed by atoms with Gasteiger partial charge >= 0.3 is 0 Å². The Kier molecular flexibility index (Phi) is 3.53. The van der Waals surface area contributed by atoms with Crippen molar-refractivity contribution < 1.29 is 0 Å². The lowest BCUT2D eigenvalue weighted by atomic mass is 9.97. The van der Waals surface area contributed by atoms with Crippen molar-refractivity contribution in [2.24, 2.45) is 0 Å². The van der Waals surface area contributed by atoms with Crippen LogP contribution in [0.15, 0.2) is 0 Å². The lowest BCUT2D eigenvalue weighted by molar-refractivity contribution is 0.700. The minimum Gasteiger partial charge on any atom is -0.222 e. The highest BCUT2D eigenvalue weighted by atomic mass is 35.5. The average Bonchev–Trinajstić information content (AvgIpc) is 2.74. The zero-order valence-corrected chi connectivity index (χ0v) is 12.2. The molecule has 0 fully saturated rings. The number of rotatable bonds is 3. The number of hydrogen-bond donors (Lipinski definition) is 0. The molecule has 1 aliphatic carbocycles.